The Kier molecular flexibility index (Phi) is 3.61. The lowest BCUT2D eigenvalue weighted by atomic mass is 10.1. The first-order valence-electron chi connectivity index (χ1n) is 6.43. The molecule has 3 rings (SSSR count). The molecule has 7 nitrogen and oxygen atoms in total. The zero-order chi connectivity index (χ0) is 15.9. The second-order valence-electron chi connectivity index (χ2n) is 4.69. The van der Waals surface area contributed by atoms with Crippen molar-refractivity contribution in [1.29, 1.82) is 0 Å². The second-order valence-corrected chi connectivity index (χ2v) is 5.48. The average Bonchev–Trinajstić information content (AvgIpc) is 2.87. The molecule has 3 aromatic rings. The van der Waals surface area contributed by atoms with Crippen molar-refractivity contribution in [3.8, 4) is 0 Å². The molecule has 0 aliphatic carbocycles. The van der Waals surface area contributed by atoms with Crippen LogP contribution in [0.4, 0.5) is 6.01 Å². The molecule has 0 aliphatic heterocycles. The number of aliphatic carboxylic acids is 1. The van der Waals surface area contributed by atoms with Crippen LogP contribution in [0.25, 0.3) is 22.1 Å². The van der Waals surface area contributed by atoms with Crippen molar-refractivity contribution in [3.05, 3.63) is 32.6 Å². The second kappa shape index (κ2) is 5.45. The summed E-state index contributed by atoms with van der Waals surface area (Å²) in [4.78, 5) is 26.4. The Hall–Kier alpha value is -2.35. The van der Waals surface area contributed by atoms with Crippen molar-refractivity contribution in [1.82, 2.24) is 4.98 Å². The summed E-state index contributed by atoms with van der Waals surface area (Å²) < 4.78 is 11.1. The number of hydrogen-bond donors (Lipinski definition) is 1. The van der Waals surface area contributed by atoms with Crippen LogP contribution in [0.15, 0.2) is 30.2 Å². The van der Waals surface area contributed by atoms with Gasteiger partial charge in [-0.15, -0.1) is 0 Å². The van der Waals surface area contributed by atoms with Gasteiger partial charge in [-0.05, 0) is 40.5 Å². The molecule has 22 heavy (non-hydrogen) atoms. The van der Waals surface area contributed by atoms with Crippen LogP contribution < -0.4 is 16.0 Å². The molecule has 0 saturated carbocycles. The highest BCUT2D eigenvalue weighted by molar-refractivity contribution is 9.10. The van der Waals surface area contributed by atoms with Crippen molar-refractivity contribution in [2.24, 2.45) is 0 Å². The number of aromatic nitrogens is 1. The van der Waals surface area contributed by atoms with Crippen LogP contribution in [0.5, 0.6) is 0 Å². The Morgan fingerprint density at radius 3 is 2.91 bits per heavy atom. The molecule has 0 aliphatic rings. The number of carboxylic acid groups (broad SMARTS) is 1. The number of oxazole rings is 1. The smallest absolute Gasteiger partial charge is 0.351 e. The van der Waals surface area contributed by atoms with Crippen molar-refractivity contribution in [2.75, 3.05) is 11.9 Å². The molecule has 0 amide bonds. The van der Waals surface area contributed by atoms with E-state index in [1.54, 1.807) is 19.1 Å². The van der Waals surface area contributed by atoms with Gasteiger partial charge >= 0.3 is 5.63 Å². The van der Waals surface area contributed by atoms with Gasteiger partial charge in [0.15, 0.2) is 16.7 Å². The molecule has 2 aromatic heterocycles. The van der Waals surface area contributed by atoms with Crippen molar-refractivity contribution >= 4 is 50.0 Å². The predicted octanol–water partition coefficient (Wildman–Crippen LogP) is 1.56. The lowest BCUT2D eigenvalue weighted by Gasteiger charge is -2.02. The number of aryl methyl sites for hydroxylation is 1. The number of carbonyl (C=O) groups is 1. The summed E-state index contributed by atoms with van der Waals surface area (Å²) in [6.07, 6.45) is -0.166. The zero-order valence-corrected chi connectivity index (χ0v) is 13.0. The van der Waals surface area contributed by atoms with Gasteiger partial charge in [-0.1, -0.05) is 0 Å². The van der Waals surface area contributed by atoms with Crippen molar-refractivity contribution in [2.45, 2.75) is 13.3 Å². The Labute approximate surface area is 132 Å². The maximum atomic E-state index is 11.8. The third-order valence-electron chi connectivity index (χ3n) is 3.23. The van der Waals surface area contributed by atoms with E-state index in [1.807, 2.05) is 0 Å². The van der Waals surface area contributed by atoms with Crippen molar-refractivity contribution < 1.29 is 18.7 Å². The largest absolute Gasteiger partial charge is 0.550 e. The van der Waals surface area contributed by atoms with Gasteiger partial charge in [-0.2, -0.15) is 4.98 Å². The van der Waals surface area contributed by atoms with E-state index >= 15 is 0 Å². The van der Waals surface area contributed by atoms with Crippen LogP contribution in [0, 0.1) is 6.92 Å². The minimum absolute atomic E-state index is 0.127. The topological polar surface area (TPSA) is 108 Å². The van der Waals surface area contributed by atoms with E-state index in [0.29, 0.717) is 21.2 Å². The summed E-state index contributed by atoms with van der Waals surface area (Å²) >= 11 is 3.19. The van der Waals surface area contributed by atoms with Gasteiger partial charge in [-0.25, -0.2) is 4.79 Å². The number of nitrogens with zero attached hydrogens (tertiary/aromatic N) is 1. The maximum absolute atomic E-state index is 11.8. The third kappa shape index (κ3) is 2.45. The maximum Gasteiger partial charge on any atom is 0.351 e. The van der Waals surface area contributed by atoms with E-state index in [0.717, 1.165) is 10.9 Å². The van der Waals surface area contributed by atoms with Crippen LogP contribution in [0.1, 0.15) is 12.0 Å². The van der Waals surface area contributed by atoms with E-state index in [4.69, 9.17) is 8.83 Å². The highest BCUT2D eigenvalue weighted by atomic mass is 79.9. The molecule has 0 bridgehead atoms. The number of carbonyl (C=O) groups excluding carboxylic acids is 1. The SMILES string of the molecule is Cc1c(Br)c(=O)oc2c1ccc1oc(NCCC(=O)[O-])nc12. The molecule has 2 heterocycles. The molecular weight excluding hydrogens is 356 g/mol. The van der Waals surface area contributed by atoms with Crippen LogP contribution in [-0.2, 0) is 4.79 Å². The number of hydrogen-bond acceptors (Lipinski definition) is 7. The number of halogens is 1. The normalized spacial score (nSPS) is 11.2. The number of rotatable bonds is 4. The molecule has 0 spiro atoms. The van der Waals surface area contributed by atoms with Crippen LogP contribution in [0.3, 0.4) is 0 Å². The zero-order valence-electron chi connectivity index (χ0n) is 11.4. The van der Waals surface area contributed by atoms with Crippen LogP contribution >= 0.6 is 15.9 Å². The third-order valence-corrected chi connectivity index (χ3v) is 4.15. The first-order valence-corrected chi connectivity index (χ1v) is 7.23. The van der Waals surface area contributed by atoms with Crippen molar-refractivity contribution in [3.63, 3.8) is 0 Å². The number of fused-ring (bicyclic) bond motifs is 3. The fraction of sp³-hybridized carbons (Fsp3) is 0.214. The first kappa shape index (κ1) is 14.6. The Morgan fingerprint density at radius 1 is 1.41 bits per heavy atom. The summed E-state index contributed by atoms with van der Waals surface area (Å²) in [7, 11) is 0. The molecule has 0 saturated heterocycles. The van der Waals surface area contributed by atoms with E-state index in [1.165, 1.54) is 0 Å². The van der Waals surface area contributed by atoms with Crippen LogP contribution in [0.2, 0.25) is 0 Å². The van der Waals surface area contributed by atoms with Gasteiger partial charge in [0.25, 0.3) is 6.01 Å². The molecule has 0 radical (unpaired) electrons. The van der Waals surface area contributed by atoms with E-state index in [9.17, 15) is 14.7 Å². The lowest BCUT2D eigenvalue weighted by molar-refractivity contribution is -0.305. The lowest BCUT2D eigenvalue weighted by Crippen LogP contribution is -2.24. The highest BCUT2D eigenvalue weighted by Gasteiger charge is 2.15. The Balaban J connectivity index is 2.10. The summed E-state index contributed by atoms with van der Waals surface area (Å²) in [6, 6.07) is 3.65. The average molecular weight is 366 g/mol. The summed E-state index contributed by atoms with van der Waals surface area (Å²) in [5.74, 6) is -1.17. The van der Waals surface area contributed by atoms with E-state index < -0.39 is 11.6 Å². The Morgan fingerprint density at radius 2 is 2.18 bits per heavy atom. The first-order chi connectivity index (χ1) is 10.5. The van der Waals surface area contributed by atoms with Gasteiger partial charge in [0.1, 0.15) is 4.47 Å². The summed E-state index contributed by atoms with van der Waals surface area (Å²) in [5, 5.41) is 13.9. The number of benzene rings is 1. The van der Waals surface area contributed by atoms with Gasteiger partial charge in [0.05, 0.1) is 0 Å². The molecule has 8 heteroatoms. The minimum atomic E-state index is -1.17. The Bertz CT molecular complexity index is 944. The predicted molar refractivity (Wildman–Crippen MR) is 80.6 cm³/mol. The summed E-state index contributed by atoms with van der Waals surface area (Å²) in [6.45, 7) is 1.93. The molecule has 0 unspecified atom stereocenters. The van der Waals surface area contributed by atoms with Gasteiger partial charge < -0.3 is 24.1 Å². The molecule has 1 N–H and O–H groups in total. The summed E-state index contributed by atoms with van der Waals surface area (Å²) in [5.41, 5.74) is 1.43. The highest BCUT2D eigenvalue weighted by Crippen LogP contribution is 2.30. The molecule has 114 valence electrons. The quantitative estimate of drug-likeness (QED) is 0.698. The monoisotopic (exact) mass is 365 g/mol. The number of nitrogens with one attached hydrogen (secondary N) is 1. The van der Waals surface area contributed by atoms with E-state index in [2.05, 4.69) is 26.2 Å². The standard InChI is InChI=1S/C14H11BrN2O5/c1-6-7-2-3-8-11(12(7)22-13(20)10(6)15)17-14(21-8)16-5-4-9(18)19/h2-3H,4-5H2,1H3,(H,16,17)(H,18,19)/p-1. The number of carboxylic acids is 1. The van der Waals surface area contributed by atoms with Crippen LogP contribution in [-0.4, -0.2) is 17.5 Å². The molecular formula is C14H10BrN2O5-. The minimum Gasteiger partial charge on any atom is -0.550 e. The van der Waals surface area contributed by atoms with Gasteiger partial charge in [-0.3, -0.25) is 0 Å². The van der Waals surface area contributed by atoms with Gasteiger partial charge in [0, 0.05) is 24.3 Å². The fourth-order valence-electron chi connectivity index (χ4n) is 2.12. The van der Waals surface area contributed by atoms with Gasteiger partial charge in [0.2, 0.25) is 0 Å². The van der Waals surface area contributed by atoms with E-state index in [-0.39, 0.29) is 19.0 Å². The fourth-order valence-corrected chi connectivity index (χ4v) is 2.42. The molecule has 0 atom stereocenters. The molecule has 1 aromatic carbocycles. The molecule has 0 fully saturated rings. The number of anilines is 1.